The van der Waals surface area contributed by atoms with Gasteiger partial charge in [-0.3, -0.25) is 13.9 Å². The van der Waals surface area contributed by atoms with Crippen molar-refractivity contribution in [2.75, 3.05) is 5.32 Å². The molecule has 2 heterocycles. The van der Waals surface area contributed by atoms with Crippen molar-refractivity contribution in [3.8, 4) is 0 Å². The van der Waals surface area contributed by atoms with Gasteiger partial charge in [0.15, 0.2) is 10.4 Å². The van der Waals surface area contributed by atoms with Crippen molar-refractivity contribution >= 4 is 50.3 Å². The Morgan fingerprint density at radius 1 is 1.04 bits per heavy atom. The standard InChI is InChI=1S/C20H16BrN3O3S/c1-23-14-10-13(22-19(25)16-8-9-18(21)27-16)17(11-15(14)24(2)20(23)26)28-12-6-4-3-5-7-12/h3-11H,1-2H3,(H,22,25). The van der Waals surface area contributed by atoms with E-state index in [9.17, 15) is 9.59 Å². The zero-order valence-corrected chi connectivity index (χ0v) is 17.5. The lowest BCUT2D eigenvalue weighted by molar-refractivity contribution is 0.0995. The smallest absolute Gasteiger partial charge is 0.328 e. The molecule has 0 unspecified atom stereocenters. The predicted molar refractivity (Wildman–Crippen MR) is 113 cm³/mol. The molecule has 4 rings (SSSR count). The molecule has 0 bridgehead atoms. The van der Waals surface area contributed by atoms with Gasteiger partial charge in [0.05, 0.1) is 16.7 Å². The molecule has 0 fully saturated rings. The van der Waals surface area contributed by atoms with Crippen molar-refractivity contribution in [2.24, 2.45) is 14.1 Å². The Hall–Kier alpha value is -2.71. The summed E-state index contributed by atoms with van der Waals surface area (Å²) in [6, 6.07) is 16.8. The third-order valence-electron chi connectivity index (χ3n) is 4.39. The molecule has 6 nitrogen and oxygen atoms in total. The fraction of sp³-hybridized carbons (Fsp3) is 0.100. The first-order chi connectivity index (χ1) is 13.4. The maximum Gasteiger partial charge on any atom is 0.328 e. The lowest BCUT2D eigenvalue weighted by atomic mass is 10.2. The monoisotopic (exact) mass is 457 g/mol. The Morgan fingerprint density at radius 2 is 1.71 bits per heavy atom. The van der Waals surface area contributed by atoms with Crippen molar-refractivity contribution in [2.45, 2.75) is 9.79 Å². The molecule has 0 aliphatic heterocycles. The number of furan rings is 1. The summed E-state index contributed by atoms with van der Waals surface area (Å²) in [6.07, 6.45) is 0. The van der Waals surface area contributed by atoms with Crippen LogP contribution in [0.5, 0.6) is 0 Å². The van der Waals surface area contributed by atoms with Gasteiger partial charge in [-0.25, -0.2) is 4.79 Å². The number of carbonyl (C=O) groups is 1. The normalized spacial score (nSPS) is 11.1. The highest BCUT2D eigenvalue weighted by Crippen LogP contribution is 2.36. The molecule has 0 spiro atoms. The van der Waals surface area contributed by atoms with Crippen LogP contribution < -0.4 is 11.0 Å². The summed E-state index contributed by atoms with van der Waals surface area (Å²) >= 11 is 4.72. The van der Waals surface area contributed by atoms with Crippen LogP contribution in [0.3, 0.4) is 0 Å². The molecule has 0 aliphatic rings. The van der Waals surface area contributed by atoms with Crippen LogP contribution in [-0.2, 0) is 14.1 Å². The van der Waals surface area contributed by atoms with Crippen molar-refractivity contribution in [3.05, 3.63) is 75.5 Å². The summed E-state index contributed by atoms with van der Waals surface area (Å²) in [5, 5.41) is 2.91. The minimum Gasteiger partial charge on any atom is -0.444 e. The molecule has 4 aromatic rings. The fourth-order valence-corrected chi connectivity index (χ4v) is 4.19. The topological polar surface area (TPSA) is 69.2 Å². The van der Waals surface area contributed by atoms with E-state index in [0.29, 0.717) is 10.4 Å². The molecule has 0 radical (unpaired) electrons. The Morgan fingerprint density at radius 3 is 2.36 bits per heavy atom. The van der Waals surface area contributed by atoms with Gasteiger partial charge >= 0.3 is 5.69 Å². The van der Waals surface area contributed by atoms with Gasteiger partial charge in [0, 0.05) is 23.9 Å². The zero-order chi connectivity index (χ0) is 19.8. The first-order valence-electron chi connectivity index (χ1n) is 8.43. The summed E-state index contributed by atoms with van der Waals surface area (Å²) in [6.45, 7) is 0. The zero-order valence-electron chi connectivity index (χ0n) is 15.1. The van der Waals surface area contributed by atoms with Crippen molar-refractivity contribution < 1.29 is 9.21 Å². The van der Waals surface area contributed by atoms with Crippen LogP contribution in [0.25, 0.3) is 11.0 Å². The number of amides is 1. The largest absolute Gasteiger partial charge is 0.444 e. The fourth-order valence-electron chi connectivity index (χ4n) is 2.94. The number of anilines is 1. The van der Waals surface area contributed by atoms with E-state index >= 15 is 0 Å². The summed E-state index contributed by atoms with van der Waals surface area (Å²) in [4.78, 5) is 26.8. The first kappa shape index (κ1) is 18.6. The van der Waals surface area contributed by atoms with Gasteiger partial charge in [-0.05, 0) is 52.3 Å². The highest BCUT2D eigenvalue weighted by Gasteiger charge is 2.17. The number of hydrogen-bond acceptors (Lipinski definition) is 4. The molecule has 0 saturated heterocycles. The van der Waals surface area contributed by atoms with E-state index in [4.69, 9.17) is 4.42 Å². The number of benzene rings is 2. The Kier molecular flexibility index (Phi) is 4.91. The van der Waals surface area contributed by atoms with Gasteiger partial charge in [0.1, 0.15) is 0 Å². The number of fused-ring (bicyclic) bond motifs is 1. The molecule has 1 amide bonds. The van der Waals surface area contributed by atoms with Crippen molar-refractivity contribution in [1.82, 2.24) is 9.13 Å². The number of halogens is 1. The highest BCUT2D eigenvalue weighted by molar-refractivity contribution is 9.10. The number of nitrogens with one attached hydrogen (secondary N) is 1. The first-order valence-corrected chi connectivity index (χ1v) is 10.0. The van der Waals surface area contributed by atoms with E-state index < -0.39 is 0 Å². The number of imidazole rings is 1. The third kappa shape index (κ3) is 3.41. The van der Waals surface area contributed by atoms with E-state index in [2.05, 4.69) is 21.2 Å². The molecule has 0 aliphatic carbocycles. The molecule has 2 aromatic heterocycles. The van der Waals surface area contributed by atoms with Gasteiger partial charge in [0.2, 0.25) is 0 Å². The van der Waals surface area contributed by atoms with Gasteiger partial charge < -0.3 is 9.73 Å². The van der Waals surface area contributed by atoms with Gasteiger partial charge in [-0.2, -0.15) is 0 Å². The molecule has 8 heteroatoms. The van der Waals surface area contributed by atoms with Crippen LogP contribution in [0.4, 0.5) is 5.69 Å². The number of rotatable bonds is 4. The maximum atomic E-state index is 12.6. The Labute approximate surface area is 173 Å². The summed E-state index contributed by atoms with van der Waals surface area (Å²) in [5.41, 5.74) is 2.02. The van der Waals surface area contributed by atoms with Gasteiger partial charge in [-0.15, -0.1) is 0 Å². The average molecular weight is 458 g/mol. The van der Waals surface area contributed by atoms with E-state index in [-0.39, 0.29) is 17.4 Å². The second kappa shape index (κ2) is 7.37. The van der Waals surface area contributed by atoms with Crippen LogP contribution in [-0.4, -0.2) is 15.0 Å². The summed E-state index contributed by atoms with van der Waals surface area (Å²) in [7, 11) is 3.45. The summed E-state index contributed by atoms with van der Waals surface area (Å²) in [5.74, 6) is -0.162. The number of carbonyl (C=O) groups excluding carboxylic acids is 1. The Bertz CT molecular complexity index is 1240. The van der Waals surface area contributed by atoms with Crippen LogP contribution in [0.2, 0.25) is 0 Å². The van der Waals surface area contributed by atoms with Gasteiger partial charge in [0.25, 0.3) is 5.91 Å². The molecule has 0 atom stereocenters. The lowest BCUT2D eigenvalue weighted by Gasteiger charge is -2.11. The average Bonchev–Trinajstić information content (AvgIpc) is 3.21. The number of aromatic nitrogens is 2. The third-order valence-corrected chi connectivity index (χ3v) is 5.88. The van der Waals surface area contributed by atoms with Crippen LogP contribution in [0.1, 0.15) is 10.6 Å². The highest BCUT2D eigenvalue weighted by atomic mass is 79.9. The number of hydrogen-bond donors (Lipinski definition) is 1. The van der Waals surface area contributed by atoms with Crippen LogP contribution in [0, 0.1) is 0 Å². The lowest BCUT2D eigenvalue weighted by Crippen LogP contribution is -2.19. The second-order valence-corrected chi connectivity index (χ2v) is 8.11. The maximum absolute atomic E-state index is 12.6. The molecule has 28 heavy (non-hydrogen) atoms. The number of nitrogens with zero attached hydrogens (tertiary/aromatic N) is 2. The van der Waals surface area contributed by atoms with E-state index in [1.54, 1.807) is 35.4 Å². The summed E-state index contributed by atoms with van der Waals surface area (Å²) < 4.78 is 8.99. The van der Waals surface area contributed by atoms with Crippen molar-refractivity contribution in [1.29, 1.82) is 0 Å². The van der Waals surface area contributed by atoms with Crippen LogP contribution >= 0.6 is 27.7 Å². The van der Waals surface area contributed by atoms with E-state index in [1.807, 2.05) is 42.5 Å². The molecule has 1 N–H and O–H groups in total. The molecule has 2 aromatic carbocycles. The minimum atomic E-state index is -0.360. The quantitative estimate of drug-likeness (QED) is 0.484. The molecular formula is C20H16BrN3O3S. The molecular weight excluding hydrogens is 442 g/mol. The molecule has 0 saturated carbocycles. The number of aryl methyl sites for hydroxylation is 2. The Balaban J connectivity index is 1.81. The van der Waals surface area contributed by atoms with Crippen LogP contribution in [0.15, 0.2) is 78.3 Å². The van der Waals surface area contributed by atoms with E-state index in [0.717, 1.165) is 20.8 Å². The SMILES string of the molecule is Cn1c(=O)n(C)c2cc(Sc3ccccc3)c(NC(=O)c3ccc(Br)o3)cc21. The van der Waals surface area contributed by atoms with E-state index in [1.165, 1.54) is 11.8 Å². The second-order valence-electron chi connectivity index (χ2n) is 6.21. The van der Waals surface area contributed by atoms with Crippen molar-refractivity contribution in [3.63, 3.8) is 0 Å². The molecule has 142 valence electrons. The predicted octanol–water partition coefficient (Wildman–Crippen LogP) is 4.64. The van der Waals surface area contributed by atoms with Gasteiger partial charge in [-0.1, -0.05) is 30.0 Å². The minimum absolute atomic E-state index is 0.121.